The first-order valence-electron chi connectivity index (χ1n) is 6.69. The van der Waals surface area contributed by atoms with Crippen LogP contribution in [0.3, 0.4) is 0 Å². The van der Waals surface area contributed by atoms with E-state index in [-0.39, 0.29) is 16.6 Å². The standard InChI is InChI=1S/C13H20ClN3O2S/c1-10(17-6-2-3-7-17)9-16-20(18,19)13-5-4-11(14)8-12(13)15/h4-5,8,10,16H,2-3,6-7,9,15H2,1H3. The van der Waals surface area contributed by atoms with Gasteiger partial charge in [0.25, 0.3) is 0 Å². The highest BCUT2D eigenvalue weighted by molar-refractivity contribution is 7.89. The van der Waals surface area contributed by atoms with Gasteiger partial charge in [0.15, 0.2) is 0 Å². The fourth-order valence-corrected chi connectivity index (χ4v) is 3.80. The average Bonchev–Trinajstić information content (AvgIpc) is 2.89. The van der Waals surface area contributed by atoms with Crippen LogP contribution in [-0.2, 0) is 10.0 Å². The summed E-state index contributed by atoms with van der Waals surface area (Å²) in [4.78, 5) is 2.36. The minimum absolute atomic E-state index is 0.0792. The smallest absolute Gasteiger partial charge is 0.242 e. The summed E-state index contributed by atoms with van der Waals surface area (Å²) in [5, 5.41) is 0.423. The van der Waals surface area contributed by atoms with E-state index in [1.54, 1.807) is 0 Å². The van der Waals surface area contributed by atoms with Crippen molar-refractivity contribution in [3.05, 3.63) is 23.2 Å². The first-order chi connectivity index (χ1) is 9.40. The number of benzene rings is 1. The lowest BCUT2D eigenvalue weighted by molar-refractivity contribution is 0.260. The second-order valence-electron chi connectivity index (χ2n) is 5.13. The van der Waals surface area contributed by atoms with Crippen LogP contribution >= 0.6 is 11.6 Å². The highest BCUT2D eigenvalue weighted by Gasteiger charge is 2.22. The summed E-state index contributed by atoms with van der Waals surface area (Å²) in [7, 11) is -3.59. The molecule has 7 heteroatoms. The molecule has 1 saturated heterocycles. The molecule has 0 aromatic heterocycles. The van der Waals surface area contributed by atoms with E-state index in [2.05, 4.69) is 9.62 Å². The molecule has 0 saturated carbocycles. The summed E-state index contributed by atoms with van der Waals surface area (Å²) in [6.07, 6.45) is 2.36. The molecule has 1 atom stereocenters. The molecule has 20 heavy (non-hydrogen) atoms. The number of nitrogens with two attached hydrogens (primary N) is 1. The second-order valence-corrected chi connectivity index (χ2v) is 7.30. The number of nitrogens with zero attached hydrogens (tertiary/aromatic N) is 1. The Morgan fingerprint density at radius 1 is 1.40 bits per heavy atom. The Kier molecular flexibility index (Phi) is 4.90. The number of rotatable bonds is 5. The van der Waals surface area contributed by atoms with Crippen LogP contribution in [0.15, 0.2) is 23.1 Å². The van der Waals surface area contributed by atoms with Crippen molar-refractivity contribution in [2.45, 2.75) is 30.7 Å². The predicted octanol–water partition coefficient (Wildman–Crippen LogP) is 1.68. The lowest BCUT2D eigenvalue weighted by Crippen LogP contribution is -2.40. The van der Waals surface area contributed by atoms with Crippen molar-refractivity contribution in [3.63, 3.8) is 0 Å². The number of halogens is 1. The molecule has 5 nitrogen and oxygen atoms in total. The molecule has 0 bridgehead atoms. The van der Waals surface area contributed by atoms with Crippen molar-refractivity contribution in [2.75, 3.05) is 25.4 Å². The number of nitrogens with one attached hydrogen (secondary N) is 1. The maximum absolute atomic E-state index is 12.2. The minimum atomic E-state index is -3.59. The third-order valence-corrected chi connectivity index (χ3v) is 5.33. The number of hydrogen-bond donors (Lipinski definition) is 2. The summed E-state index contributed by atoms with van der Waals surface area (Å²) in [6, 6.07) is 4.58. The molecule has 1 fully saturated rings. The van der Waals surface area contributed by atoms with Crippen LogP contribution in [-0.4, -0.2) is 39.0 Å². The maximum Gasteiger partial charge on any atom is 0.242 e. The molecular formula is C13H20ClN3O2S. The van der Waals surface area contributed by atoms with Crippen LogP contribution in [0.1, 0.15) is 19.8 Å². The molecule has 1 aromatic rings. The van der Waals surface area contributed by atoms with Gasteiger partial charge in [0.05, 0.1) is 5.69 Å². The Labute approximate surface area is 125 Å². The summed E-state index contributed by atoms with van der Waals surface area (Å²) in [6.45, 7) is 4.47. The van der Waals surface area contributed by atoms with E-state index >= 15 is 0 Å². The van der Waals surface area contributed by atoms with Gasteiger partial charge in [-0.15, -0.1) is 0 Å². The SMILES string of the molecule is CC(CNS(=O)(=O)c1ccc(Cl)cc1N)N1CCCC1. The van der Waals surface area contributed by atoms with E-state index in [0.717, 1.165) is 13.1 Å². The zero-order valence-electron chi connectivity index (χ0n) is 11.5. The molecule has 2 rings (SSSR count). The summed E-state index contributed by atoms with van der Waals surface area (Å²) >= 11 is 5.78. The fraction of sp³-hybridized carbons (Fsp3) is 0.538. The molecular weight excluding hydrogens is 298 g/mol. The van der Waals surface area contributed by atoms with Gasteiger partial charge in [-0.3, -0.25) is 4.90 Å². The molecule has 1 aliphatic rings. The van der Waals surface area contributed by atoms with Gasteiger partial charge in [0.1, 0.15) is 4.90 Å². The van der Waals surface area contributed by atoms with Crippen LogP contribution < -0.4 is 10.5 Å². The first kappa shape index (κ1) is 15.6. The molecule has 112 valence electrons. The summed E-state index contributed by atoms with van der Waals surface area (Å²) < 4.78 is 27.1. The normalized spacial score (nSPS) is 18.3. The topological polar surface area (TPSA) is 75.4 Å². The van der Waals surface area contributed by atoms with Gasteiger partial charge in [0.2, 0.25) is 10.0 Å². The number of sulfonamides is 1. The van der Waals surface area contributed by atoms with Gasteiger partial charge in [-0.25, -0.2) is 13.1 Å². The van der Waals surface area contributed by atoms with Crippen LogP contribution in [0.25, 0.3) is 0 Å². The average molecular weight is 318 g/mol. The molecule has 1 aromatic carbocycles. The number of nitrogen functional groups attached to an aromatic ring is 1. The van der Waals surface area contributed by atoms with Crippen molar-refractivity contribution in [2.24, 2.45) is 0 Å². The van der Waals surface area contributed by atoms with E-state index in [0.29, 0.717) is 11.6 Å². The van der Waals surface area contributed by atoms with Crippen molar-refractivity contribution >= 4 is 27.3 Å². The van der Waals surface area contributed by atoms with Crippen molar-refractivity contribution in [3.8, 4) is 0 Å². The molecule has 1 heterocycles. The zero-order chi connectivity index (χ0) is 14.8. The highest BCUT2D eigenvalue weighted by Crippen LogP contribution is 2.22. The van der Waals surface area contributed by atoms with Gasteiger partial charge in [-0.1, -0.05) is 11.6 Å². The number of hydrogen-bond acceptors (Lipinski definition) is 4. The fourth-order valence-electron chi connectivity index (χ4n) is 2.38. The molecule has 0 radical (unpaired) electrons. The van der Waals surface area contributed by atoms with Crippen LogP contribution in [0, 0.1) is 0 Å². The third-order valence-electron chi connectivity index (χ3n) is 3.59. The van der Waals surface area contributed by atoms with Crippen LogP contribution in [0.5, 0.6) is 0 Å². The van der Waals surface area contributed by atoms with Gasteiger partial charge in [-0.05, 0) is 51.1 Å². The minimum Gasteiger partial charge on any atom is -0.398 e. The lowest BCUT2D eigenvalue weighted by Gasteiger charge is -2.23. The van der Waals surface area contributed by atoms with Crippen molar-refractivity contribution < 1.29 is 8.42 Å². The molecule has 0 amide bonds. The van der Waals surface area contributed by atoms with E-state index in [1.165, 1.54) is 31.0 Å². The monoisotopic (exact) mass is 317 g/mol. The Morgan fingerprint density at radius 3 is 2.65 bits per heavy atom. The van der Waals surface area contributed by atoms with Gasteiger partial charge >= 0.3 is 0 Å². The van der Waals surface area contributed by atoms with Gasteiger partial charge in [0, 0.05) is 17.6 Å². The molecule has 3 N–H and O–H groups in total. The van der Waals surface area contributed by atoms with Crippen LogP contribution in [0.2, 0.25) is 5.02 Å². The Balaban J connectivity index is 2.03. The quantitative estimate of drug-likeness (QED) is 0.810. The maximum atomic E-state index is 12.2. The first-order valence-corrected chi connectivity index (χ1v) is 8.55. The highest BCUT2D eigenvalue weighted by atomic mass is 35.5. The number of anilines is 1. The Morgan fingerprint density at radius 2 is 2.05 bits per heavy atom. The summed E-state index contributed by atoms with van der Waals surface area (Å²) in [5.74, 6) is 0. The molecule has 0 spiro atoms. The van der Waals surface area contributed by atoms with Crippen LogP contribution in [0.4, 0.5) is 5.69 Å². The van der Waals surface area contributed by atoms with E-state index in [1.807, 2.05) is 6.92 Å². The van der Waals surface area contributed by atoms with Gasteiger partial charge in [-0.2, -0.15) is 0 Å². The number of likely N-dealkylation sites (tertiary alicyclic amines) is 1. The van der Waals surface area contributed by atoms with E-state index < -0.39 is 10.0 Å². The molecule has 1 aliphatic heterocycles. The molecule has 1 unspecified atom stereocenters. The Bertz CT molecular complexity index is 571. The molecule has 0 aliphatic carbocycles. The second kappa shape index (κ2) is 6.30. The largest absolute Gasteiger partial charge is 0.398 e. The van der Waals surface area contributed by atoms with Crippen molar-refractivity contribution in [1.82, 2.24) is 9.62 Å². The summed E-state index contributed by atoms with van der Waals surface area (Å²) in [5.41, 5.74) is 5.89. The van der Waals surface area contributed by atoms with E-state index in [9.17, 15) is 8.42 Å². The Hall–Kier alpha value is -0.820. The lowest BCUT2D eigenvalue weighted by atomic mass is 10.3. The van der Waals surface area contributed by atoms with Gasteiger partial charge < -0.3 is 5.73 Å². The predicted molar refractivity (Wildman–Crippen MR) is 81.3 cm³/mol. The zero-order valence-corrected chi connectivity index (χ0v) is 13.0. The third kappa shape index (κ3) is 3.63. The van der Waals surface area contributed by atoms with Crippen molar-refractivity contribution in [1.29, 1.82) is 0 Å². The van der Waals surface area contributed by atoms with E-state index in [4.69, 9.17) is 17.3 Å².